The third-order valence-electron chi connectivity index (χ3n) is 3.49. The van der Waals surface area contributed by atoms with Gasteiger partial charge in [-0.05, 0) is 35.0 Å². The largest absolute Gasteiger partial charge is 0.497 e. The SMILES string of the molecule is COc1cccc(C(OCC(C)(C)C)=C(C(C)C)C(C)C)c1. The molecule has 1 aromatic carbocycles. The standard InChI is InChI=1S/C20H32O2/c1-14(2)18(15(3)4)19(22-13-20(5,6)7)16-10-9-11-17(12-16)21-8/h9-12,14-15H,13H2,1-8H3. The van der Waals surface area contributed by atoms with Crippen LogP contribution in [0.25, 0.3) is 5.76 Å². The Morgan fingerprint density at radius 2 is 1.64 bits per heavy atom. The Hall–Kier alpha value is -1.44. The van der Waals surface area contributed by atoms with Gasteiger partial charge in [-0.2, -0.15) is 0 Å². The first-order valence-electron chi connectivity index (χ1n) is 8.17. The van der Waals surface area contributed by atoms with Crippen LogP contribution in [0, 0.1) is 17.3 Å². The molecule has 0 saturated carbocycles. The number of allylic oxidation sites excluding steroid dienone is 1. The predicted molar refractivity (Wildman–Crippen MR) is 95.0 cm³/mol. The third kappa shape index (κ3) is 5.40. The maximum atomic E-state index is 6.30. The van der Waals surface area contributed by atoms with Gasteiger partial charge in [0.1, 0.15) is 11.5 Å². The lowest BCUT2D eigenvalue weighted by Crippen LogP contribution is -2.16. The van der Waals surface area contributed by atoms with Crippen molar-refractivity contribution in [2.75, 3.05) is 13.7 Å². The summed E-state index contributed by atoms with van der Waals surface area (Å²) in [6.45, 7) is 16.2. The second-order valence-corrected chi connectivity index (χ2v) is 7.68. The van der Waals surface area contributed by atoms with E-state index < -0.39 is 0 Å². The molecule has 22 heavy (non-hydrogen) atoms. The van der Waals surface area contributed by atoms with Gasteiger partial charge in [0.15, 0.2) is 0 Å². The van der Waals surface area contributed by atoms with Gasteiger partial charge in [0.05, 0.1) is 13.7 Å². The van der Waals surface area contributed by atoms with Crippen molar-refractivity contribution >= 4 is 5.76 Å². The molecule has 0 aromatic heterocycles. The van der Waals surface area contributed by atoms with Crippen molar-refractivity contribution < 1.29 is 9.47 Å². The summed E-state index contributed by atoms with van der Waals surface area (Å²) in [5, 5.41) is 0. The number of hydrogen-bond acceptors (Lipinski definition) is 2. The topological polar surface area (TPSA) is 18.5 Å². The van der Waals surface area contributed by atoms with Crippen molar-refractivity contribution in [3.05, 3.63) is 35.4 Å². The van der Waals surface area contributed by atoms with Crippen molar-refractivity contribution in [1.82, 2.24) is 0 Å². The lowest BCUT2D eigenvalue weighted by Gasteiger charge is -2.26. The van der Waals surface area contributed by atoms with E-state index in [1.807, 2.05) is 12.1 Å². The van der Waals surface area contributed by atoms with E-state index in [4.69, 9.17) is 9.47 Å². The Kier molecular flexibility index (Phi) is 6.52. The highest BCUT2D eigenvalue weighted by atomic mass is 16.5. The van der Waals surface area contributed by atoms with Gasteiger partial charge in [-0.25, -0.2) is 0 Å². The quantitative estimate of drug-likeness (QED) is 0.620. The molecule has 0 heterocycles. The Labute approximate surface area is 136 Å². The van der Waals surface area contributed by atoms with Crippen LogP contribution in [-0.4, -0.2) is 13.7 Å². The summed E-state index contributed by atoms with van der Waals surface area (Å²) in [6, 6.07) is 8.15. The van der Waals surface area contributed by atoms with Gasteiger partial charge in [-0.1, -0.05) is 60.6 Å². The van der Waals surface area contributed by atoms with Crippen LogP contribution in [0.2, 0.25) is 0 Å². The number of rotatable bonds is 6. The zero-order valence-electron chi connectivity index (χ0n) is 15.5. The van der Waals surface area contributed by atoms with Crippen LogP contribution in [0.5, 0.6) is 5.75 Å². The van der Waals surface area contributed by atoms with Crippen LogP contribution >= 0.6 is 0 Å². The number of methoxy groups -OCH3 is 1. The minimum atomic E-state index is 0.128. The van der Waals surface area contributed by atoms with E-state index in [-0.39, 0.29) is 5.41 Å². The van der Waals surface area contributed by atoms with Gasteiger partial charge in [-0.3, -0.25) is 0 Å². The molecule has 1 rings (SSSR count). The number of ether oxygens (including phenoxy) is 2. The van der Waals surface area contributed by atoms with Gasteiger partial charge in [-0.15, -0.1) is 0 Å². The van der Waals surface area contributed by atoms with E-state index in [1.54, 1.807) is 7.11 Å². The highest BCUT2D eigenvalue weighted by Crippen LogP contribution is 2.33. The highest BCUT2D eigenvalue weighted by Gasteiger charge is 2.20. The van der Waals surface area contributed by atoms with Gasteiger partial charge in [0, 0.05) is 5.56 Å². The highest BCUT2D eigenvalue weighted by molar-refractivity contribution is 5.65. The first-order chi connectivity index (χ1) is 10.2. The fourth-order valence-electron chi connectivity index (χ4n) is 2.58. The molecule has 0 spiro atoms. The molecule has 0 aliphatic heterocycles. The monoisotopic (exact) mass is 304 g/mol. The van der Waals surface area contributed by atoms with Gasteiger partial charge in [0.25, 0.3) is 0 Å². The van der Waals surface area contributed by atoms with Crippen molar-refractivity contribution in [1.29, 1.82) is 0 Å². The van der Waals surface area contributed by atoms with E-state index in [9.17, 15) is 0 Å². The first kappa shape index (κ1) is 18.6. The maximum absolute atomic E-state index is 6.30. The fourth-order valence-corrected chi connectivity index (χ4v) is 2.58. The average molecular weight is 304 g/mol. The third-order valence-corrected chi connectivity index (χ3v) is 3.49. The maximum Gasteiger partial charge on any atom is 0.126 e. The molecular formula is C20H32O2. The molecule has 1 aromatic rings. The lowest BCUT2D eigenvalue weighted by molar-refractivity contribution is 0.166. The van der Waals surface area contributed by atoms with Crippen molar-refractivity contribution in [3.8, 4) is 5.75 Å². The fraction of sp³-hybridized carbons (Fsp3) is 0.600. The number of hydrogen-bond donors (Lipinski definition) is 0. The molecule has 0 saturated heterocycles. The molecule has 0 aliphatic rings. The molecule has 0 aliphatic carbocycles. The molecule has 0 amide bonds. The summed E-state index contributed by atoms with van der Waals surface area (Å²) < 4.78 is 11.7. The Bertz CT molecular complexity index is 495. The zero-order chi connectivity index (χ0) is 16.9. The van der Waals surface area contributed by atoms with Gasteiger partial charge in [0.2, 0.25) is 0 Å². The minimum Gasteiger partial charge on any atom is -0.497 e. The molecule has 0 atom stereocenters. The van der Waals surface area contributed by atoms with E-state index in [0.29, 0.717) is 18.4 Å². The summed E-state index contributed by atoms with van der Waals surface area (Å²) in [5.41, 5.74) is 2.59. The molecule has 0 radical (unpaired) electrons. The normalized spacial score (nSPS) is 11.7. The Morgan fingerprint density at radius 3 is 2.09 bits per heavy atom. The van der Waals surface area contributed by atoms with E-state index >= 15 is 0 Å². The molecule has 2 nitrogen and oxygen atoms in total. The minimum absolute atomic E-state index is 0.128. The predicted octanol–water partition coefficient (Wildman–Crippen LogP) is 5.78. The summed E-state index contributed by atoms with van der Waals surface area (Å²) in [4.78, 5) is 0. The Morgan fingerprint density at radius 1 is 1.05 bits per heavy atom. The van der Waals surface area contributed by atoms with Crippen molar-refractivity contribution in [3.63, 3.8) is 0 Å². The summed E-state index contributed by atoms with van der Waals surface area (Å²) in [5.74, 6) is 2.77. The van der Waals surface area contributed by atoms with E-state index in [1.165, 1.54) is 5.57 Å². The molecule has 2 heteroatoms. The van der Waals surface area contributed by atoms with Crippen molar-refractivity contribution in [2.45, 2.75) is 48.5 Å². The van der Waals surface area contributed by atoms with Gasteiger partial charge >= 0.3 is 0 Å². The van der Waals surface area contributed by atoms with Crippen LogP contribution in [0.3, 0.4) is 0 Å². The number of benzene rings is 1. The van der Waals surface area contributed by atoms with Gasteiger partial charge < -0.3 is 9.47 Å². The molecular weight excluding hydrogens is 272 g/mol. The second kappa shape index (κ2) is 7.71. The van der Waals surface area contributed by atoms with Crippen LogP contribution in [0.1, 0.15) is 54.0 Å². The first-order valence-corrected chi connectivity index (χ1v) is 8.17. The second-order valence-electron chi connectivity index (χ2n) is 7.68. The average Bonchev–Trinajstić information content (AvgIpc) is 2.41. The molecule has 0 unspecified atom stereocenters. The molecule has 0 N–H and O–H groups in total. The molecule has 0 fully saturated rings. The van der Waals surface area contributed by atoms with E-state index in [2.05, 4.69) is 60.6 Å². The summed E-state index contributed by atoms with van der Waals surface area (Å²) >= 11 is 0. The van der Waals surface area contributed by atoms with Crippen LogP contribution < -0.4 is 4.74 Å². The van der Waals surface area contributed by atoms with Crippen molar-refractivity contribution in [2.24, 2.45) is 17.3 Å². The molecule has 124 valence electrons. The summed E-state index contributed by atoms with van der Waals surface area (Å²) in [7, 11) is 1.70. The lowest BCUT2D eigenvalue weighted by atomic mass is 9.89. The van der Waals surface area contributed by atoms with Crippen LogP contribution in [0.4, 0.5) is 0 Å². The van der Waals surface area contributed by atoms with E-state index in [0.717, 1.165) is 17.1 Å². The molecule has 0 bridgehead atoms. The van der Waals surface area contributed by atoms with Crippen LogP contribution in [0.15, 0.2) is 29.8 Å². The summed E-state index contributed by atoms with van der Waals surface area (Å²) in [6.07, 6.45) is 0. The smallest absolute Gasteiger partial charge is 0.126 e. The zero-order valence-corrected chi connectivity index (χ0v) is 15.5. The Balaban J connectivity index is 3.34. The van der Waals surface area contributed by atoms with Crippen LogP contribution in [-0.2, 0) is 4.74 Å².